The third kappa shape index (κ3) is 5.36. The van der Waals surface area contributed by atoms with E-state index in [2.05, 4.69) is 55.5 Å². The van der Waals surface area contributed by atoms with Crippen LogP contribution in [0.4, 0.5) is 0 Å². The average molecular weight is 337 g/mol. The third-order valence-corrected chi connectivity index (χ3v) is 5.44. The second-order valence-electron chi connectivity index (χ2n) is 7.39. The number of benzene rings is 2. The van der Waals surface area contributed by atoms with Crippen molar-refractivity contribution < 1.29 is 4.74 Å². The van der Waals surface area contributed by atoms with E-state index in [0.29, 0.717) is 0 Å². The van der Waals surface area contributed by atoms with Gasteiger partial charge in [-0.1, -0.05) is 81.8 Å². The molecule has 0 atom stereocenters. The molecule has 2 aromatic rings. The molecule has 0 saturated heterocycles. The molecule has 1 aliphatic carbocycles. The van der Waals surface area contributed by atoms with Gasteiger partial charge < -0.3 is 4.74 Å². The third-order valence-electron chi connectivity index (χ3n) is 5.44. The van der Waals surface area contributed by atoms with E-state index in [4.69, 9.17) is 4.74 Å². The lowest BCUT2D eigenvalue weighted by Gasteiger charge is -2.22. The van der Waals surface area contributed by atoms with Crippen molar-refractivity contribution in [3.63, 3.8) is 0 Å². The minimum Gasteiger partial charge on any atom is -0.494 e. The van der Waals surface area contributed by atoms with E-state index in [1.165, 1.54) is 68.1 Å². The quantitative estimate of drug-likeness (QED) is 0.457. The van der Waals surface area contributed by atoms with Gasteiger partial charge in [-0.2, -0.15) is 0 Å². The molecule has 0 spiro atoms. The fourth-order valence-electron chi connectivity index (χ4n) is 3.85. The van der Waals surface area contributed by atoms with Gasteiger partial charge in [0.05, 0.1) is 6.61 Å². The molecule has 0 aromatic heterocycles. The maximum absolute atomic E-state index is 5.84. The molecule has 3 rings (SSSR count). The maximum Gasteiger partial charge on any atom is 0.119 e. The Kier molecular flexibility index (Phi) is 6.97. The number of rotatable bonds is 8. The van der Waals surface area contributed by atoms with Crippen molar-refractivity contribution in [2.75, 3.05) is 6.61 Å². The van der Waals surface area contributed by atoms with E-state index < -0.39 is 0 Å². The van der Waals surface area contributed by atoms with Crippen LogP contribution < -0.4 is 4.74 Å². The largest absolute Gasteiger partial charge is 0.494 e. The predicted molar refractivity (Wildman–Crippen MR) is 107 cm³/mol. The summed E-state index contributed by atoms with van der Waals surface area (Å²) >= 11 is 0. The summed E-state index contributed by atoms with van der Waals surface area (Å²) in [5.74, 6) is 1.77. The molecule has 1 heteroatoms. The molecule has 0 bridgehead atoms. The first-order valence-electron chi connectivity index (χ1n) is 10.2. The summed E-state index contributed by atoms with van der Waals surface area (Å²) in [6.07, 6.45) is 11.9. The molecular formula is C24H32O. The van der Waals surface area contributed by atoms with Crippen molar-refractivity contribution in [1.29, 1.82) is 0 Å². The Bertz CT molecular complexity index is 606. The zero-order valence-electron chi connectivity index (χ0n) is 15.7. The molecule has 1 saturated carbocycles. The minimum atomic E-state index is 0.784. The molecule has 0 unspecified atom stereocenters. The summed E-state index contributed by atoms with van der Waals surface area (Å²) in [6.45, 7) is 3.07. The van der Waals surface area contributed by atoms with E-state index in [-0.39, 0.29) is 0 Å². The Morgan fingerprint density at radius 2 is 1.40 bits per heavy atom. The van der Waals surface area contributed by atoms with Crippen molar-refractivity contribution in [3.05, 3.63) is 54.1 Å². The van der Waals surface area contributed by atoms with Gasteiger partial charge in [-0.25, -0.2) is 0 Å². The maximum atomic E-state index is 5.84. The molecule has 25 heavy (non-hydrogen) atoms. The van der Waals surface area contributed by atoms with E-state index in [1.54, 1.807) is 0 Å². The van der Waals surface area contributed by atoms with Crippen LogP contribution in [0.15, 0.2) is 48.5 Å². The van der Waals surface area contributed by atoms with Gasteiger partial charge in [-0.3, -0.25) is 0 Å². The Labute approximate surface area is 153 Å². The van der Waals surface area contributed by atoms with Crippen molar-refractivity contribution in [1.82, 2.24) is 0 Å². The summed E-state index contributed by atoms with van der Waals surface area (Å²) < 4.78 is 5.84. The average Bonchev–Trinajstić information content (AvgIpc) is 2.69. The molecule has 134 valence electrons. The second kappa shape index (κ2) is 9.65. The van der Waals surface area contributed by atoms with E-state index in [1.807, 2.05) is 0 Å². The minimum absolute atomic E-state index is 0.784. The Morgan fingerprint density at radius 1 is 0.760 bits per heavy atom. The standard InChI is InChI=1S/C24H32O/c1-2-3-4-8-19-25-24-17-15-23(16-18-24)22-13-11-21(12-14-22)20-9-6-5-7-10-20/h11-18,20H,2-10,19H2,1H3. The Hall–Kier alpha value is -1.76. The molecule has 0 radical (unpaired) electrons. The monoisotopic (exact) mass is 336 g/mol. The molecular weight excluding hydrogens is 304 g/mol. The highest BCUT2D eigenvalue weighted by molar-refractivity contribution is 5.64. The summed E-state index contributed by atoms with van der Waals surface area (Å²) in [4.78, 5) is 0. The van der Waals surface area contributed by atoms with Crippen LogP contribution in [0.5, 0.6) is 5.75 Å². The number of ether oxygens (including phenoxy) is 1. The van der Waals surface area contributed by atoms with Gasteiger partial charge in [0.25, 0.3) is 0 Å². The predicted octanol–water partition coefficient (Wildman–Crippen LogP) is 7.36. The van der Waals surface area contributed by atoms with Crippen molar-refractivity contribution >= 4 is 0 Å². The first-order chi connectivity index (χ1) is 12.4. The fraction of sp³-hybridized carbons (Fsp3) is 0.500. The van der Waals surface area contributed by atoms with Crippen LogP contribution in [-0.4, -0.2) is 6.61 Å². The van der Waals surface area contributed by atoms with Crippen molar-refractivity contribution in [2.24, 2.45) is 0 Å². The first-order valence-corrected chi connectivity index (χ1v) is 10.2. The molecule has 1 aliphatic rings. The van der Waals surface area contributed by atoms with Crippen LogP contribution in [0.2, 0.25) is 0 Å². The van der Waals surface area contributed by atoms with Gasteiger partial charge in [0.1, 0.15) is 5.75 Å². The second-order valence-corrected chi connectivity index (χ2v) is 7.39. The van der Waals surface area contributed by atoms with Crippen LogP contribution in [0.3, 0.4) is 0 Å². The molecule has 1 nitrogen and oxygen atoms in total. The van der Waals surface area contributed by atoms with Gasteiger partial charge in [-0.15, -0.1) is 0 Å². The molecule has 0 aliphatic heterocycles. The number of unbranched alkanes of at least 4 members (excludes halogenated alkanes) is 3. The zero-order chi connectivity index (χ0) is 17.3. The first kappa shape index (κ1) is 18.0. The van der Waals surface area contributed by atoms with Crippen LogP contribution in [0.1, 0.15) is 76.2 Å². The van der Waals surface area contributed by atoms with Crippen LogP contribution in [-0.2, 0) is 0 Å². The van der Waals surface area contributed by atoms with Gasteiger partial charge in [0.15, 0.2) is 0 Å². The highest BCUT2D eigenvalue weighted by Crippen LogP contribution is 2.33. The molecule has 0 amide bonds. The summed E-state index contributed by atoms with van der Waals surface area (Å²) in [5.41, 5.74) is 4.10. The van der Waals surface area contributed by atoms with E-state index in [0.717, 1.165) is 24.7 Å². The highest BCUT2D eigenvalue weighted by Gasteiger charge is 2.15. The summed E-state index contributed by atoms with van der Waals surface area (Å²) in [6, 6.07) is 17.8. The highest BCUT2D eigenvalue weighted by atomic mass is 16.5. The Morgan fingerprint density at radius 3 is 2.04 bits per heavy atom. The zero-order valence-corrected chi connectivity index (χ0v) is 15.7. The van der Waals surface area contributed by atoms with Gasteiger partial charge >= 0.3 is 0 Å². The van der Waals surface area contributed by atoms with E-state index in [9.17, 15) is 0 Å². The number of hydrogen-bond acceptors (Lipinski definition) is 1. The lowest BCUT2D eigenvalue weighted by molar-refractivity contribution is 0.305. The van der Waals surface area contributed by atoms with Crippen LogP contribution in [0, 0.1) is 0 Å². The van der Waals surface area contributed by atoms with Crippen molar-refractivity contribution in [2.45, 2.75) is 70.6 Å². The van der Waals surface area contributed by atoms with Gasteiger partial charge in [0.2, 0.25) is 0 Å². The summed E-state index contributed by atoms with van der Waals surface area (Å²) in [7, 11) is 0. The Balaban J connectivity index is 1.54. The fourth-order valence-corrected chi connectivity index (χ4v) is 3.85. The topological polar surface area (TPSA) is 9.23 Å². The SMILES string of the molecule is CCCCCCOc1ccc(-c2ccc(C3CCCCC3)cc2)cc1. The lowest BCUT2D eigenvalue weighted by atomic mass is 9.84. The molecule has 2 aromatic carbocycles. The molecule has 0 N–H and O–H groups in total. The molecule has 0 heterocycles. The lowest BCUT2D eigenvalue weighted by Crippen LogP contribution is -2.04. The van der Waals surface area contributed by atoms with Crippen molar-refractivity contribution in [3.8, 4) is 16.9 Å². The smallest absolute Gasteiger partial charge is 0.119 e. The van der Waals surface area contributed by atoms with Crippen LogP contribution >= 0.6 is 0 Å². The normalized spacial score (nSPS) is 15.2. The van der Waals surface area contributed by atoms with Crippen LogP contribution in [0.25, 0.3) is 11.1 Å². The van der Waals surface area contributed by atoms with Gasteiger partial charge in [0, 0.05) is 0 Å². The number of hydrogen-bond donors (Lipinski definition) is 0. The van der Waals surface area contributed by atoms with Gasteiger partial charge in [-0.05, 0) is 54.0 Å². The summed E-state index contributed by atoms with van der Waals surface area (Å²) in [5, 5.41) is 0. The molecule has 1 fully saturated rings. The van der Waals surface area contributed by atoms with E-state index >= 15 is 0 Å².